The number of rotatable bonds is 5. The lowest BCUT2D eigenvalue weighted by Gasteiger charge is -2.34. The summed E-state index contributed by atoms with van der Waals surface area (Å²) in [6, 6.07) is 21.6. The predicted octanol–water partition coefficient (Wildman–Crippen LogP) is 4.55. The molecule has 0 atom stereocenters. The molecule has 1 fully saturated rings. The number of benzene rings is 2. The average molecular weight is 458 g/mol. The van der Waals surface area contributed by atoms with Crippen molar-refractivity contribution >= 4 is 17.5 Å². The summed E-state index contributed by atoms with van der Waals surface area (Å²) in [7, 11) is 0. The van der Waals surface area contributed by atoms with E-state index in [-0.39, 0.29) is 5.91 Å². The first-order valence-corrected chi connectivity index (χ1v) is 11.4. The molecule has 33 heavy (non-hydrogen) atoms. The highest BCUT2D eigenvalue weighted by Crippen LogP contribution is 2.25. The third-order valence-corrected chi connectivity index (χ3v) is 6.09. The fourth-order valence-corrected chi connectivity index (χ4v) is 4.35. The standard InChI is InChI=1S/C26H24ClN5O/c27-22-8-4-6-20(16-22)18-30-12-14-31(15-13-30)26(33)24-19-32(23-9-2-1-3-10-23)29-25(24)21-7-5-11-28-17-21/h1-11,16-17,19H,12-15,18H2. The summed E-state index contributed by atoms with van der Waals surface area (Å²) in [6.07, 6.45) is 5.30. The highest BCUT2D eigenvalue weighted by Gasteiger charge is 2.26. The van der Waals surface area contributed by atoms with Gasteiger partial charge in [0.2, 0.25) is 0 Å². The van der Waals surface area contributed by atoms with Gasteiger partial charge in [0, 0.05) is 61.9 Å². The smallest absolute Gasteiger partial charge is 0.257 e. The van der Waals surface area contributed by atoms with Gasteiger partial charge in [0.15, 0.2) is 0 Å². The van der Waals surface area contributed by atoms with Gasteiger partial charge in [-0.2, -0.15) is 5.10 Å². The maximum absolute atomic E-state index is 13.6. The fourth-order valence-electron chi connectivity index (χ4n) is 4.13. The molecule has 0 spiro atoms. The van der Waals surface area contributed by atoms with Crippen molar-refractivity contribution in [3.63, 3.8) is 0 Å². The maximum Gasteiger partial charge on any atom is 0.257 e. The largest absolute Gasteiger partial charge is 0.336 e. The molecule has 0 unspecified atom stereocenters. The number of halogens is 1. The Kier molecular flexibility index (Phi) is 6.19. The fraction of sp³-hybridized carbons (Fsp3) is 0.192. The summed E-state index contributed by atoms with van der Waals surface area (Å²) >= 11 is 6.12. The molecule has 0 bridgehead atoms. The van der Waals surface area contributed by atoms with E-state index in [0.29, 0.717) is 24.3 Å². The van der Waals surface area contributed by atoms with E-state index in [0.717, 1.165) is 35.9 Å². The minimum Gasteiger partial charge on any atom is -0.336 e. The van der Waals surface area contributed by atoms with E-state index in [1.165, 1.54) is 5.56 Å². The first-order valence-electron chi connectivity index (χ1n) is 11.0. The van der Waals surface area contributed by atoms with Gasteiger partial charge >= 0.3 is 0 Å². The Hall–Kier alpha value is -3.48. The number of para-hydroxylation sites is 1. The Balaban J connectivity index is 1.35. The Bertz CT molecular complexity index is 1230. The average Bonchev–Trinajstić information content (AvgIpc) is 3.31. The highest BCUT2D eigenvalue weighted by atomic mass is 35.5. The summed E-state index contributed by atoms with van der Waals surface area (Å²) in [6.45, 7) is 3.79. The zero-order chi connectivity index (χ0) is 22.6. The molecule has 6 nitrogen and oxygen atoms in total. The lowest BCUT2D eigenvalue weighted by Crippen LogP contribution is -2.48. The number of pyridine rings is 1. The van der Waals surface area contributed by atoms with Crippen LogP contribution in [0.25, 0.3) is 16.9 Å². The number of aromatic nitrogens is 3. The molecule has 5 rings (SSSR count). The molecule has 0 saturated carbocycles. The van der Waals surface area contributed by atoms with Crippen molar-refractivity contribution in [2.75, 3.05) is 26.2 Å². The second kappa shape index (κ2) is 9.57. The summed E-state index contributed by atoms with van der Waals surface area (Å²) in [5.41, 5.74) is 4.17. The van der Waals surface area contributed by atoms with Gasteiger partial charge in [0.05, 0.1) is 11.3 Å². The normalized spacial score (nSPS) is 14.4. The van der Waals surface area contributed by atoms with Gasteiger partial charge in [-0.25, -0.2) is 4.68 Å². The van der Waals surface area contributed by atoms with Crippen molar-refractivity contribution < 1.29 is 4.79 Å². The number of carbonyl (C=O) groups excluding carboxylic acids is 1. The number of hydrogen-bond acceptors (Lipinski definition) is 4. The van der Waals surface area contributed by atoms with Crippen LogP contribution in [0.1, 0.15) is 15.9 Å². The number of hydrogen-bond donors (Lipinski definition) is 0. The first-order chi connectivity index (χ1) is 16.2. The van der Waals surface area contributed by atoms with E-state index in [2.05, 4.69) is 16.0 Å². The van der Waals surface area contributed by atoms with Crippen LogP contribution in [0.2, 0.25) is 5.02 Å². The van der Waals surface area contributed by atoms with Crippen LogP contribution in [0.15, 0.2) is 85.3 Å². The number of carbonyl (C=O) groups is 1. The van der Waals surface area contributed by atoms with E-state index in [9.17, 15) is 4.79 Å². The van der Waals surface area contributed by atoms with Gasteiger partial charge < -0.3 is 4.90 Å². The van der Waals surface area contributed by atoms with Crippen molar-refractivity contribution in [2.24, 2.45) is 0 Å². The number of amides is 1. The van der Waals surface area contributed by atoms with E-state index in [1.807, 2.05) is 71.8 Å². The monoisotopic (exact) mass is 457 g/mol. The van der Waals surface area contributed by atoms with Crippen molar-refractivity contribution in [1.82, 2.24) is 24.6 Å². The van der Waals surface area contributed by atoms with Gasteiger partial charge in [-0.05, 0) is 42.0 Å². The molecule has 7 heteroatoms. The molecule has 2 aromatic carbocycles. The molecule has 1 saturated heterocycles. The van der Waals surface area contributed by atoms with Gasteiger partial charge in [-0.1, -0.05) is 41.9 Å². The molecular weight excluding hydrogens is 434 g/mol. The minimum atomic E-state index is -0.00144. The molecule has 4 aromatic rings. The first kappa shape index (κ1) is 21.4. The zero-order valence-corrected chi connectivity index (χ0v) is 18.9. The van der Waals surface area contributed by atoms with E-state index >= 15 is 0 Å². The zero-order valence-electron chi connectivity index (χ0n) is 18.1. The second-order valence-corrected chi connectivity index (χ2v) is 8.55. The second-order valence-electron chi connectivity index (χ2n) is 8.11. The molecular formula is C26H24ClN5O. The summed E-state index contributed by atoms with van der Waals surface area (Å²) in [5, 5.41) is 5.50. The van der Waals surface area contributed by atoms with Gasteiger partial charge in [0.25, 0.3) is 5.91 Å². The van der Waals surface area contributed by atoms with Crippen LogP contribution in [0, 0.1) is 0 Å². The third-order valence-electron chi connectivity index (χ3n) is 5.86. The Morgan fingerprint density at radius 1 is 0.939 bits per heavy atom. The van der Waals surface area contributed by atoms with Crippen LogP contribution in [0.3, 0.4) is 0 Å². The quantitative estimate of drug-likeness (QED) is 0.441. The van der Waals surface area contributed by atoms with Crippen molar-refractivity contribution in [3.8, 4) is 16.9 Å². The van der Waals surface area contributed by atoms with E-state index in [1.54, 1.807) is 17.1 Å². The molecule has 1 aliphatic rings. The van der Waals surface area contributed by atoms with E-state index in [4.69, 9.17) is 16.7 Å². The topological polar surface area (TPSA) is 54.3 Å². The maximum atomic E-state index is 13.6. The molecule has 166 valence electrons. The third kappa shape index (κ3) is 4.82. The van der Waals surface area contributed by atoms with Crippen LogP contribution in [-0.2, 0) is 6.54 Å². The van der Waals surface area contributed by atoms with Crippen LogP contribution < -0.4 is 0 Å². The Labute approximate surface area is 198 Å². The number of nitrogens with zero attached hydrogens (tertiary/aromatic N) is 5. The van der Waals surface area contributed by atoms with Crippen LogP contribution >= 0.6 is 11.6 Å². The molecule has 1 amide bonds. The van der Waals surface area contributed by atoms with Crippen molar-refractivity contribution in [2.45, 2.75) is 6.54 Å². The van der Waals surface area contributed by atoms with E-state index < -0.39 is 0 Å². The summed E-state index contributed by atoms with van der Waals surface area (Å²) in [5.74, 6) is -0.00144. The SMILES string of the molecule is O=C(c1cn(-c2ccccc2)nc1-c1cccnc1)N1CCN(Cc2cccc(Cl)c2)CC1. The summed E-state index contributed by atoms with van der Waals surface area (Å²) < 4.78 is 1.77. The summed E-state index contributed by atoms with van der Waals surface area (Å²) in [4.78, 5) is 22.1. The lowest BCUT2D eigenvalue weighted by atomic mass is 10.1. The molecule has 0 N–H and O–H groups in total. The van der Waals surface area contributed by atoms with Crippen LogP contribution in [0.5, 0.6) is 0 Å². The van der Waals surface area contributed by atoms with Gasteiger partial charge in [-0.3, -0.25) is 14.7 Å². The van der Waals surface area contributed by atoms with Crippen molar-refractivity contribution in [3.05, 3.63) is 101 Å². The molecule has 0 radical (unpaired) electrons. The van der Waals surface area contributed by atoms with Crippen LogP contribution in [0.4, 0.5) is 0 Å². The van der Waals surface area contributed by atoms with Gasteiger partial charge in [-0.15, -0.1) is 0 Å². The minimum absolute atomic E-state index is 0.00144. The predicted molar refractivity (Wildman–Crippen MR) is 129 cm³/mol. The Morgan fingerprint density at radius 2 is 1.76 bits per heavy atom. The van der Waals surface area contributed by atoms with Gasteiger partial charge in [0.1, 0.15) is 5.69 Å². The molecule has 3 heterocycles. The van der Waals surface area contributed by atoms with Crippen LogP contribution in [-0.4, -0.2) is 56.7 Å². The van der Waals surface area contributed by atoms with Crippen molar-refractivity contribution in [1.29, 1.82) is 0 Å². The molecule has 1 aliphatic heterocycles. The Morgan fingerprint density at radius 3 is 2.48 bits per heavy atom. The molecule has 0 aliphatic carbocycles. The lowest BCUT2D eigenvalue weighted by molar-refractivity contribution is 0.0629. The molecule has 2 aromatic heterocycles. The highest BCUT2D eigenvalue weighted by molar-refractivity contribution is 6.30. The number of piperazine rings is 1.